The number of hydrogen-bond acceptors (Lipinski definition) is 0. The molecule has 0 heterocycles. The predicted octanol–water partition coefficient (Wildman–Crippen LogP) is 14.4. The Morgan fingerprint density at radius 3 is 1.05 bits per heavy atom. The van der Waals surface area contributed by atoms with E-state index in [2.05, 4.69) is 86.6 Å². The lowest BCUT2D eigenvalue weighted by molar-refractivity contribution is 0.561. The lowest BCUT2D eigenvalue weighted by Crippen LogP contribution is -2.01. The fourth-order valence-electron chi connectivity index (χ4n) is 7.72. The van der Waals surface area contributed by atoms with E-state index in [0.717, 1.165) is 0 Å². The normalized spacial score (nSPS) is 11.9. The summed E-state index contributed by atoms with van der Waals surface area (Å²) in [6.45, 7) is 4.62. The lowest BCUT2D eigenvalue weighted by atomic mass is 9.83. The first-order chi connectivity index (χ1) is 21.8. The zero-order valence-electron chi connectivity index (χ0n) is 28.1. The molecule has 5 aromatic carbocycles. The monoisotopic (exact) mass is 586 g/mol. The average molecular weight is 587 g/mol. The van der Waals surface area contributed by atoms with Crippen LogP contribution >= 0.6 is 0 Å². The number of rotatable bonds is 20. The highest BCUT2D eigenvalue weighted by Crippen LogP contribution is 2.41. The Labute approximate surface area is 268 Å². The highest BCUT2D eigenvalue weighted by molar-refractivity contribution is 6.24. The topological polar surface area (TPSA) is 0 Å². The summed E-state index contributed by atoms with van der Waals surface area (Å²) < 4.78 is 0. The number of unbranched alkanes of at least 4 members (excludes halogenated alkanes) is 16. The first-order valence-corrected chi connectivity index (χ1v) is 18.6. The minimum Gasteiger partial charge on any atom is -0.0654 e. The van der Waals surface area contributed by atoms with Gasteiger partial charge in [0, 0.05) is 0 Å². The van der Waals surface area contributed by atoms with Crippen LogP contribution in [0.3, 0.4) is 0 Å². The van der Waals surface area contributed by atoms with Gasteiger partial charge in [-0.2, -0.15) is 0 Å². The first kappa shape index (κ1) is 32.5. The van der Waals surface area contributed by atoms with Crippen molar-refractivity contribution in [2.75, 3.05) is 0 Å². The molecule has 0 aliphatic carbocycles. The minimum absolute atomic E-state index is 1.20. The summed E-state index contributed by atoms with van der Waals surface area (Å²) in [6.07, 6.45) is 27.3. The largest absolute Gasteiger partial charge is 0.0654 e. The van der Waals surface area contributed by atoms with Gasteiger partial charge in [0.25, 0.3) is 0 Å². The average Bonchev–Trinajstić information content (AvgIpc) is 3.06. The standard InChI is InChI=1S/C44H58/c1-3-5-7-9-11-13-15-17-19-29-39-40(30-20-18-16-14-12-10-8-6-4-2)44-38-28-24-22-26-36(38)32-34-42(44)41-33-31-35-25-21-23-27-37(35)43(39)41/h21-28,31-34H,3-20,29-30H2,1-2H3. The van der Waals surface area contributed by atoms with Crippen molar-refractivity contribution in [3.8, 4) is 0 Å². The van der Waals surface area contributed by atoms with E-state index in [9.17, 15) is 0 Å². The van der Waals surface area contributed by atoms with Crippen molar-refractivity contribution in [2.45, 2.75) is 142 Å². The van der Waals surface area contributed by atoms with Gasteiger partial charge in [-0.3, -0.25) is 0 Å². The summed E-state index contributed by atoms with van der Waals surface area (Å²) in [5.41, 5.74) is 3.31. The van der Waals surface area contributed by atoms with Crippen molar-refractivity contribution in [3.63, 3.8) is 0 Å². The van der Waals surface area contributed by atoms with Gasteiger partial charge in [-0.1, -0.05) is 189 Å². The highest BCUT2D eigenvalue weighted by Gasteiger charge is 2.18. The molecule has 0 atom stereocenters. The maximum absolute atomic E-state index is 2.43. The van der Waals surface area contributed by atoms with E-state index in [1.54, 1.807) is 11.1 Å². The van der Waals surface area contributed by atoms with Gasteiger partial charge in [0.2, 0.25) is 0 Å². The summed E-state index contributed by atoms with van der Waals surface area (Å²) in [6, 6.07) is 27.8. The van der Waals surface area contributed by atoms with Gasteiger partial charge >= 0.3 is 0 Å². The first-order valence-electron chi connectivity index (χ1n) is 18.6. The Kier molecular flexibility index (Phi) is 13.0. The van der Waals surface area contributed by atoms with Crippen molar-refractivity contribution in [3.05, 3.63) is 83.9 Å². The Hall–Kier alpha value is -2.86. The van der Waals surface area contributed by atoms with Crippen molar-refractivity contribution in [2.24, 2.45) is 0 Å². The van der Waals surface area contributed by atoms with Crippen LogP contribution < -0.4 is 0 Å². The van der Waals surface area contributed by atoms with Crippen LogP contribution in [0, 0.1) is 0 Å². The van der Waals surface area contributed by atoms with Crippen molar-refractivity contribution in [1.82, 2.24) is 0 Å². The van der Waals surface area contributed by atoms with E-state index in [-0.39, 0.29) is 0 Å². The van der Waals surface area contributed by atoms with E-state index >= 15 is 0 Å². The molecular formula is C44H58. The van der Waals surface area contributed by atoms with Gasteiger partial charge in [-0.15, -0.1) is 0 Å². The van der Waals surface area contributed by atoms with E-state index < -0.39 is 0 Å². The number of fused-ring (bicyclic) bond motifs is 7. The van der Waals surface area contributed by atoms with Gasteiger partial charge in [0.1, 0.15) is 0 Å². The predicted molar refractivity (Wildman–Crippen MR) is 198 cm³/mol. The van der Waals surface area contributed by atoms with Gasteiger partial charge in [-0.05, 0) is 79.9 Å². The molecule has 0 unspecified atom stereocenters. The second-order valence-corrected chi connectivity index (χ2v) is 13.5. The van der Waals surface area contributed by atoms with Crippen LogP contribution in [0.1, 0.15) is 141 Å². The van der Waals surface area contributed by atoms with Gasteiger partial charge in [0.05, 0.1) is 0 Å². The summed E-state index contributed by atoms with van der Waals surface area (Å²) in [5.74, 6) is 0. The van der Waals surface area contributed by atoms with Crippen LogP contribution in [-0.4, -0.2) is 0 Å². The summed E-state index contributed by atoms with van der Waals surface area (Å²) in [5, 5.41) is 11.6. The Bertz CT molecular complexity index is 1470. The SMILES string of the molecule is CCCCCCCCCCCc1c(CCCCCCCCCCC)c2c3ccccc3ccc2c2ccc3ccccc3c12. The molecular weight excluding hydrogens is 528 g/mol. The summed E-state index contributed by atoms with van der Waals surface area (Å²) >= 11 is 0. The molecule has 44 heavy (non-hydrogen) atoms. The molecule has 0 radical (unpaired) electrons. The zero-order chi connectivity index (χ0) is 30.4. The fraction of sp³-hybridized carbons (Fsp3) is 0.500. The quantitative estimate of drug-likeness (QED) is 0.0628. The Balaban J connectivity index is 1.46. The van der Waals surface area contributed by atoms with Gasteiger partial charge < -0.3 is 0 Å². The summed E-state index contributed by atoms with van der Waals surface area (Å²) in [4.78, 5) is 0. The lowest BCUT2D eigenvalue weighted by Gasteiger charge is -2.21. The van der Waals surface area contributed by atoms with Crippen molar-refractivity contribution in [1.29, 1.82) is 0 Å². The fourth-order valence-corrected chi connectivity index (χ4v) is 7.72. The molecule has 0 heteroatoms. The molecule has 0 aliphatic heterocycles. The number of aryl methyl sites for hydroxylation is 2. The third kappa shape index (κ3) is 8.24. The van der Waals surface area contributed by atoms with E-state index in [1.807, 2.05) is 0 Å². The third-order valence-electron chi connectivity index (χ3n) is 10.2. The molecule has 0 bridgehead atoms. The van der Waals surface area contributed by atoms with Crippen LogP contribution in [-0.2, 0) is 12.8 Å². The second-order valence-electron chi connectivity index (χ2n) is 13.5. The molecule has 0 saturated heterocycles. The Morgan fingerprint density at radius 1 is 0.318 bits per heavy atom. The van der Waals surface area contributed by atoms with Crippen molar-refractivity contribution >= 4 is 43.1 Å². The number of hydrogen-bond donors (Lipinski definition) is 0. The molecule has 0 amide bonds. The highest BCUT2D eigenvalue weighted by atomic mass is 14.2. The molecule has 0 N–H and O–H groups in total. The molecule has 0 nitrogen and oxygen atoms in total. The molecule has 0 saturated carbocycles. The number of benzene rings is 5. The molecule has 0 fully saturated rings. The maximum atomic E-state index is 2.43. The van der Waals surface area contributed by atoms with E-state index in [0.29, 0.717) is 0 Å². The minimum atomic E-state index is 1.20. The van der Waals surface area contributed by atoms with Crippen LogP contribution in [0.2, 0.25) is 0 Å². The van der Waals surface area contributed by atoms with E-state index in [4.69, 9.17) is 0 Å². The Morgan fingerprint density at radius 2 is 0.659 bits per heavy atom. The van der Waals surface area contributed by atoms with Crippen molar-refractivity contribution < 1.29 is 0 Å². The van der Waals surface area contributed by atoms with Crippen LogP contribution in [0.5, 0.6) is 0 Å². The zero-order valence-corrected chi connectivity index (χ0v) is 28.1. The van der Waals surface area contributed by atoms with E-state index in [1.165, 1.54) is 172 Å². The third-order valence-corrected chi connectivity index (χ3v) is 10.2. The molecule has 0 aliphatic rings. The smallest absolute Gasteiger partial charge is 0.00641 e. The second kappa shape index (κ2) is 17.6. The maximum Gasteiger partial charge on any atom is -0.00641 e. The molecule has 234 valence electrons. The van der Waals surface area contributed by atoms with Gasteiger partial charge in [0.15, 0.2) is 0 Å². The molecule has 0 spiro atoms. The molecule has 5 rings (SSSR count). The van der Waals surface area contributed by atoms with Crippen LogP contribution in [0.25, 0.3) is 43.1 Å². The molecule has 5 aromatic rings. The molecule has 0 aromatic heterocycles. The summed E-state index contributed by atoms with van der Waals surface area (Å²) in [7, 11) is 0. The van der Waals surface area contributed by atoms with Crippen LogP contribution in [0.15, 0.2) is 72.8 Å². The van der Waals surface area contributed by atoms with Gasteiger partial charge in [-0.25, -0.2) is 0 Å². The van der Waals surface area contributed by atoms with Crippen LogP contribution in [0.4, 0.5) is 0 Å².